The molecule has 82 valence electrons. The summed E-state index contributed by atoms with van der Waals surface area (Å²) >= 11 is 0. The lowest BCUT2D eigenvalue weighted by molar-refractivity contribution is 0.414. The average Bonchev–Trinajstić information content (AvgIpc) is 2.33. The molecule has 2 aromatic carbocycles. The lowest BCUT2D eigenvalue weighted by Gasteiger charge is -2.08. The topological polar surface area (TPSA) is 9.23 Å². The molecule has 1 atom stereocenters. The Morgan fingerprint density at radius 2 is 1.81 bits per heavy atom. The zero-order valence-electron chi connectivity index (χ0n) is 9.31. The van der Waals surface area contributed by atoms with E-state index in [4.69, 9.17) is 4.74 Å². The molecule has 1 unspecified atom stereocenters. The quantitative estimate of drug-likeness (QED) is 0.737. The smallest absolute Gasteiger partial charge is 0.119 e. The van der Waals surface area contributed by atoms with Gasteiger partial charge in [-0.2, -0.15) is 0 Å². The summed E-state index contributed by atoms with van der Waals surface area (Å²) in [4.78, 5) is 0. The molecule has 2 rings (SSSR count). The van der Waals surface area contributed by atoms with Crippen molar-refractivity contribution in [1.82, 2.24) is 0 Å². The summed E-state index contributed by atoms with van der Waals surface area (Å²) in [6.07, 6.45) is 0.941. The van der Waals surface area contributed by atoms with Crippen LogP contribution in [0.2, 0.25) is 0 Å². The minimum Gasteiger partial charge on any atom is -0.497 e. The maximum absolute atomic E-state index is 5.24. The molecule has 2 heteroatoms. The minimum atomic E-state index is 0.914. The van der Waals surface area contributed by atoms with Crippen LogP contribution in [0, 0.1) is 0 Å². The van der Waals surface area contributed by atoms with Crippen molar-refractivity contribution < 1.29 is 4.74 Å². The molecule has 0 bridgehead atoms. The van der Waals surface area contributed by atoms with E-state index in [0.717, 1.165) is 12.2 Å². The average molecular weight is 230 g/mol. The molecular weight excluding hydrogens is 215 g/mol. The fraction of sp³-hybridized carbons (Fsp3) is 0.143. The van der Waals surface area contributed by atoms with Crippen LogP contribution in [0.4, 0.5) is 0 Å². The maximum Gasteiger partial charge on any atom is 0.119 e. The van der Waals surface area contributed by atoms with E-state index >= 15 is 0 Å². The van der Waals surface area contributed by atoms with Gasteiger partial charge >= 0.3 is 0 Å². The van der Waals surface area contributed by atoms with Crippen LogP contribution >= 0.6 is 9.24 Å². The molecule has 0 aliphatic carbocycles. The van der Waals surface area contributed by atoms with Crippen LogP contribution in [-0.2, 0) is 6.42 Å². The van der Waals surface area contributed by atoms with Crippen molar-refractivity contribution in [2.45, 2.75) is 6.42 Å². The monoisotopic (exact) mass is 230 g/mol. The van der Waals surface area contributed by atoms with E-state index < -0.39 is 0 Å². The van der Waals surface area contributed by atoms with Gasteiger partial charge in [0.2, 0.25) is 0 Å². The molecule has 0 saturated heterocycles. The Balaban J connectivity index is 2.27. The van der Waals surface area contributed by atoms with Gasteiger partial charge in [0.25, 0.3) is 0 Å². The van der Waals surface area contributed by atoms with Gasteiger partial charge in [0.1, 0.15) is 5.75 Å². The van der Waals surface area contributed by atoms with Gasteiger partial charge < -0.3 is 4.74 Å². The number of rotatable bonds is 3. The number of hydrogen-bond acceptors (Lipinski definition) is 1. The Kier molecular flexibility index (Phi) is 3.58. The second-order valence-electron chi connectivity index (χ2n) is 3.73. The third kappa shape index (κ3) is 2.62. The van der Waals surface area contributed by atoms with Gasteiger partial charge in [-0.15, -0.1) is 9.24 Å². The lowest BCUT2D eigenvalue weighted by Crippen LogP contribution is -2.02. The summed E-state index contributed by atoms with van der Waals surface area (Å²) < 4.78 is 5.24. The van der Waals surface area contributed by atoms with Crippen LogP contribution < -0.4 is 10.0 Å². The molecule has 0 aliphatic heterocycles. The van der Waals surface area contributed by atoms with Gasteiger partial charge in [-0.25, -0.2) is 0 Å². The Hall–Kier alpha value is -1.33. The highest BCUT2D eigenvalue weighted by atomic mass is 31.0. The van der Waals surface area contributed by atoms with Crippen LogP contribution in [0.5, 0.6) is 5.75 Å². The van der Waals surface area contributed by atoms with Crippen molar-refractivity contribution in [1.29, 1.82) is 0 Å². The Morgan fingerprint density at radius 1 is 1.06 bits per heavy atom. The normalized spacial score (nSPS) is 10.1. The predicted octanol–water partition coefficient (Wildman–Crippen LogP) is 2.79. The van der Waals surface area contributed by atoms with Gasteiger partial charge in [-0.1, -0.05) is 36.4 Å². The summed E-state index contributed by atoms with van der Waals surface area (Å²) in [5, 5.41) is 1.23. The highest BCUT2D eigenvalue weighted by Crippen LogP contribution is 2.16. The standard InChI is InChI=1S/C14H15OP/c1-15-13-7-8-14(16)12(10-13)9-11-5-3-2-4-6-11/h2-8,10H,9,16H2,1H3. The molecule has 0 radical (unpaired) electrons. The van der Waals surface area contributed by atoms with Crippen molar-refractivity contribution in [2.24, 2.45) is 0 Å². The molecule has 2 aromatic rings. The third-order valence-electron chi connectivity index (χ3n) is 2.59. The summed E-state index contributed by atoms with van der Waals surface area (Å²) in [5.74, 6) is 0.914. The summed E-state index contributed by atoms with van der Waals surface area (Å²) in [7, 11) is 4.47. The number of ether oxygens (including phenoxy) is 1. The van der Waals surface area contributed by atoms with E-state index in [9.17, 15) is 0 Å². The van der Waals surface area contributed by atoms with Gasteiger partial charge in [0.15, 0.2) is 0 Å². The third-order valence-corrected chi connectivity index (χ3v) is 3.15. The summed E-state index contributed by atoms with van der Waals surface area (Å²) in [5.41, 5.74) is 2.61. The van der Waals surface area contributed by atoms with Crippen molar-refractivity contribution >= 4 is 14.5 Å². The van der Waals surface area contributed by atoms with Crippen molar-refractivity contribution in [2.75, 3.05) is 7.11 Å². The fourth-order valence-corrected chi connectivity index (χ4v) is 1.96. The van der Waals surface area contributed by atoms with Gasteiger partial charge in [-0.3, -0.25) is 0 Å². The largest absolute Gasteiger partial charge is 0.497 e. The lowest BCUT2D eigenvalue weighted by atomic mass is 10.0. The molecule has 0 aliphatic rings. The van der Waals surface area contributed by atoms with Crippen LogP contribution in [0.25, 0.3) is 0 Å². The van der Waals surface area contributed by atoms with E-state index in [1.54, 1.807) is 7.11 Å². The molecule has 0 heterocycles. The first-order valence-electron chi connectivity index (χ1n) is 5.26. The number of benzene rings is 2. The molecule has 16 heavy (non-hydrogen) atoms. The number of hydrogen-bond donors (Lipinski definition) is 0. The van der Waals surface area contributed by atoms with E-state index in [0.29, 0.717) is 0 Å². The molecule has 0 fully saturated rings. The highest BCUT2D eigenvalue weighted by Gasteiger charge is 2.02. The van der Waals surface area contributed by atoms with Gasteiger partial charge in [0.05, 0.1) is 7.11 Å². The van der Waals surface area contributed by atoms with Crippen molar-refractivity contribution in [3.8, 4) is 5.75 Å². The first-order chi connectivity index (χ1) is 7.79. The van der Waals surface area contributed by atoms with Gasteiger partial charge in [-0.05, 0) is 35.0 Å². The highest BCUT2D eigenvalue weighted by molar-refractivity contribution is 7.27. The number of methoxy groups -OCH3 is 1. The maximum atomic E-state index is 5.24. The SMILES string of the molecule is COc1ccc(P)c(Cc2ccccc2)c1. The second kappa shape index (κ2) is 5.14. The zero-order valence-corrected chi connectivity index (χ0v) is 10.5. The zero-order chi connectivity index (χ0) is 11.4. The van der Waals surface area contributed by atoms with Crippen LogP contribution in [0.3, 0.4) is 0 Å². The van der Waals surface area contributed by atoms with Crippen LogP contribution in [-0.4, -0.2) is 7.11 Å². The second-order valence-corrected chi connectivity index (χ2v) is 4.35. The Labute approximate surface area is 98.7 Å². The fourth-order valence-electron chi connectivity index (χ4n) is 1.68. The molecule has 0 N–H and O–H groups in total. The van der Waals surface area contributed by atoms with E-state index in [1.807, 2.05) is 12.1 Å². The van der Waals surface area contributed by atoms with Crippen LogP contribution in [0.15, 0.2) is 48.5 Å². The van der Waals surface area contributed by atoms with E-state index in [1.165, 1.54) is 16.4 Å². The van der Waals surface area contributed by atoms with E-state index in [-0.39, 0.29) is 0 Å². The molecule has 0 amide bonds. The van der Waals surface area contributed by atoms with Crippen LogP contribution in [0.1, 0.15) is 11.1 Å². The van der Waals surface area contributed by atoms with E-state index in [2.05, 4.69) is 45.6 Å². The first-order valence-corrected chi connectivity index (χ1v) is 5.83. The first kappa shape index (κ1) is 11.2. The molecular formula is C14H15OP. The van der Waals surface area contributed by atoms with Gasteiger partial charge in [0, 0.05) is 0 Å². The molecule has 1 nitrogen and oxygen atoms in total. The Morgan fingerprint density at radius 3 is 2.50 bits per heavy atom. The molecule has 0 spiro atoms. The predicted molar refractivity (Wildman–Crippen MR) is 71.6 cm³/mol. The summed E-state index contributed by atoms with van der Waals surface area (Å²) in [6, 6.07) is 16.6. The molecule has 0 aromatic heterocycles. The summed E-state index contributed by atoms with van der Waals surface area (Å²) in [6.45, 7) is 0. The molecule has 0 saturated carbocycles. The van der Waals surface area contributed by atoms with Crippen molar-refractivity contribution in [3.63, 3.8) is 0 Å². The van der Waals surface area contributed by atoms with Crippen molar-refractivity contribution in [3.05, 3.63) is 59.7 Å². The minimum absolute atomic E-state index is 0.914. The Bertz CT molecular complexity index is 465.